The molecular formula is C34H45F4N3O. The second-order valence-electron chi connectivity index (χ2n) is 14.1. The first-order valence-electron chi connectivity index (χ1n) is 15.6. The second-order valence-corrected chi connectivity index (χ2v) is 14.1. The van der Waals surface area contributed by atoms with Gasteiger partial charge in [0.1, 0.15) is 11.4 Å². The average molecular weight is 588 g/mol. The van der Waals surface area contributed by atoms with Gasteiger partial charge in [-0.05, 0) is 101 Å². The van der Waals surface area contributed by atoms with E-state index < -0.39 is 12.0 Å². The molecule has 42 heavy (non-hydrogen) atoms. The molecule has 4 nitrogen and oxygen atoms in total. The zero-order chi connectivity index (χ0) is 30.0. The van der Waals surface area contributed by atoms with Gasteiger partial charge in [-0.25, -0.2) is 4.39 Å². The summed E-state index contributed by atoms with van der Waals surface area (Å²) in [7, 11) is 0. The fourth-order valence-electron chi connectivity index (χ4n) is 8.33. The highest BCUT2D eigenvalue weighted by Crippen LogP contribution is 2.59. The molecule has 230 valence electrons. The van der Waals surface area contributed by atoms with E-state index >= 15 is 4.39 Å². The van der Waals surface area contributed by atoms with Crippen LogP contribution in [-0.2, 0) is 12.1 Å². The van der Waals surface area contributed by atoms with Crippen LogP contribution in [0.1, 0.15) is 70.1 Å². The fraction of sp³-hybridized carbons (Fsp3) is 0.647. The highest BCUT2D eigenvalue weighted by molar-refractivity contribution is 5.33. The van der Waals surface area contributed by atoms with Gasteiger partial charge in [-0.3, -0.25) is 14.7 Å². The van der Waals surface area contributed by atoms with Crippen LogP contribution in [0.15, 0.2) is 48.5 Å². The Morgan fingerprint density at radius 2 is 1.71 bits per heavy atom. The Bertz CT molecular complexity index is 1260. The van der Waals surface area contributed by atoms with E-state index in [4.69, 9.17) is 0 Å². The number of hydrogen-bond donors (Lipinski definition) is 0. The van der Waals surface area contributed by atoms with Crippen molar-refractivity contribution < 1.29 is 22.3 Å². The summed E-state index contributed by atoms with van der Waals surface area (Å²) in [6.45, 7) is 15.6. The summed E-state index contributed by atoms with van der Waals surface area (Å²) >= 11 is 0. The van der Waals surface area contributed by atoms with Crippen LogP contribution in [0.2, 0.25) is 0 Å². The Morgan fingerprint density at radius 3 is 2.38 bits per heavy atom. The third-order valence-corrected chi connectivity index (χ3v) is 10.8. The molecule has 4 aliphatic rings. The standard InChI is InChI=1S/C34H45F4N3O/c1-22(2)41-15-13-29-30(31(29)41)32(4,5)40-16-14-33(35,21-40)27-8-6-7-24(18-27)17-23(3)39-19-26(20-39)25-9-11-28(12-10-25)42-34(36,37)38/h6-12,18,22-23,26,29-31H,13-17,19-21H2,1-5H3. The van der Waals surface area contributed by atoms with Crippen molar-refractivity contribution in [3.63, 3.8) is 0 Å². The van der Waals surface area contributed by atoms with Gasteiger partial charge in [0.05, 0.1) is 0 Å². The number of piperidine rings is 1. The number of likely N-dealkylation sites (tertiary alicyclic amines) is 3. The van der Waals surface area contributed by atoms with E-state index in [0.29, 0.717) is 36.9 Å². The Kier molecular flexibility index (Phi) is 7.67. The van der Waals surface area contributed by atoms with Crippen molar-refractivity contribution >= 4 is 0 Å². The molecule has 2 aromatic rings. The number of hydrogen-bond acceptors (Lipinski definition) is 4. The Balaban J connectivity index is 1.03. The van der Waals surface area contributed by atoms with E-state index in [2.05, 4.69) is 66.2 Å². The monoisotopic (exact) mass is 587 g/mol. The molecule has 0 radical (unpaired) electrons. The van der Waals surface area contributed by atoms with E-state index in [1.165, 1.54) is 25.1 Å². The van der Waals surface area contributed by atoms with Crippen LogP contribution in [0.5, 0.6) is 5.75 Å². The molecule has 3 aliphatic heterocycles. The van der Waals surface area contributed by atoms with Gasteiger partial charge in [0, 0.05) is 55.8 Å². The van der Waals surface area contributed by atoms with E-state index in [0.717, 1.165) is 48.7 Å². The van der Waals surface area contributed by atoms with Gasteiger partial charge in [0.2, 0.25) is 0 Å². The number of nitrogens with zero attached hydrogens (tertiary/aromatic N) is 3. The molecule has 1 aliphatic carbocycles. The number of benzene rings is 2. The molecule has 0 bridgehead atoms. The summed E-state index contributed by atoms with van der Waals surface area (Å²) in [6, 6.07) is 15.9. The lowest BCUT2D eigenvalue weighted by molar-refractivity contribution is -0.274. The minimum Gasteiger partial charge on any atom is -0.406 e. The average Bonchev–Trinajstić information content (AvgIpc) is 3.21. The third-order valence-electron chi connectivity index (χ3n) is 10.8. The first-order chi connectivity index (χ1) is 19.7. The van der Waals surface area contributed by atoms with Crippen LogP contribution in [-0.4, -0.2) is 77.5 Å². The van der Waals surface area contributed by atoms with E-state index in [9.17, 15) is 13.2 Å². The lowest BCUT2D eigenvalue weighted by Gasteiger charge is -2.43. The fourth-order valence-corrected chi connectivity index (χ4v) is 8.33. The summed E-state index contributed by atoms with van der Waals surface area (Å²) in [5.74, 6) is 1.47. The highest BCUT2D eigenvalue weighted by atomic mass is 19.4. The molecule has 0 N–H and O–H groups in total. The summed E-state index contributed by atoms with van der Waals surface area (Å²) in [6.07, 6.45) is -2.04. The van der Waals surface area contributed by atoms with Gasteiger partial charge in [-0.2, -0.15) is 0 Å². The second kappa shape index (κ2) is 10.8. The van der Waals surface area contributed by atoms with Gasteiger partial charge in [0.25, 0.3) is 0 Å². The lowest BCUT2D eigenvalue weighted by Crippen LogP contribution is -2.50. The van der Waals surface area contributed by atoms with Crippen LogP contribution in [0, 0.1) is 11.8 Å². The van der Waals surface area contributed by atoms with Gasteiger partial charge in [-0.15, -0.1) is 13.2 Å². The number of fused-ring (bicyclic) bond motifs is 1. The Labute approximate surface area is 248 Å². The molecule has 8 heteroatoms. The number of halogens is 4. The largest absolute Gasteiger partial charge is 0.573 e. The van der Waals surface area contributed by atoms with Crippen molar-refractivity contribution in [3.8, 4) is 5.75 Å². The van der Waals surface area contributed by atoms with E-state index in [1.54, 1.807) is 12.1 Å². The van der Waals surface area contributed by atoms with Gasteiger partial charge < -0.3 is 4.74 Å². The Morgan fingerprint density at radius 1 is 1.00 bits per heavy atom. The normalized spacial score (nSPS) is 30.0. The predicted octanol–water partition coefficient (Wildman–Crippen LogP) is 6.99. The molecule has 3 heterocycles. The van der Waals surface area contributed by atoms with Crippen molar-refractivity contribution in [3.05, 3.63) is 65.2 Å². The zero-order valence-corrected chi connectivity index (χ0v) is 25.5. The summed E-state index contributed by atoms with van der Waals surface area (Å²) in [5, 5.41) is 0. The first kappa shape index (κ1) is 29.9. The predicted molar refractivity (Wildman–Crippen MR) is 157 cm³/mol. The van der Waals surface area contributed by atoms with E-state index in [-0.39, 0.29) is 17.3 Å². The van der Waals surface area contributed by atoms with Crippen molar-refractivity contribution in [2.24, 2.45) is 11.8 Å². The number of ether oxygens (including phenoxy) is 1. The first-order valence-corrected chi connectivity index (χ1v) is 15.6. The number of rotatable bonds is 9. The van der Waals surface area contributed by atoms with E-state index in [1.807, 2.05) is 12.1 Å². The van der Waals surface area contributed by atoms with Crippen molar-refractivity contribution in [2.45, 2.75) is 95.5 Å². The molecule has 2 aromatic carbocycles. The van der Waals surface area contributed by atoms with Crippen LogP contribution >= 0.6 is 0 Å². The zero-order valence-electron chi connectivity index (χ0n) is 25.5. The molecule has 6 rings (SSSR count). The maximum absolute atomic E-state index is 16.6. The van der Waals surface area contributed by atoms with Crippen LogP contribution in [0.3, 0.4) is 0 Å². The molecule has 5 unspecified atom stereocenters. The summed E-state index contributed by atoms with van der Waals surface area (Å²) in [4.78, 5) is 7.46. The highest BCUT2D eigenvalue weighted by Gasteiger charge is 2.65. The molecule has 5 atom stereocenters. The van der Waals surface area contributed by atoms with Gasteiger partial charge in [0.15, 0.2) is 0 Å². The summed E-state index contributed by atoms with van der Waals surface area (Å²) in [5.41, 5.74) is 1.63. The van der Waals surface area contributed by atoms with Crippen LogP contribution in [0.25, 0.3) is 0 Å². The van der Waals surface area contributed by atoms with Crippen molar-refractivity contribution in [1.29, 1.82) is 0 Å². The minimum atomic E-state index is -4.68. The molecule has 4 fully saturated rings. The quantitative estimate of drug-likeness (QED) is 0.294. The Hall–Kier alpha value is -2.16. The SMILES string of the molecule is CC(Cc1cccc(C2(F)CCN(C(C)(C)C3C4CCN(C(C)C)C43)C2)c1)N1CC(c2ccc(OC(F)(F)F)cc2)C1. The molecule has 1 saturated carbocycles. The molecule has 0 spiro atoms. The number of alkyl halides is 4. The van der Waals surface area contributed by atoms with Crippen molar-refractivity contribution in [1.82, 2.24) is 14.7 Å². The third kappa shape index (κ3) is 5.71. The van der Waals surface area contributed by atoms with Crippen molar-refractivity contribution in [2.75, 3.05) is 32.7 Å². The van der Waals surface area contributed by atoms with Gasteiger partial charge >= 0.3 is 6.36 Å². The molecule has 3 saturated heterocycles. The smallest absolute Gasteiger partial charge is 0.406 e. The minimum absolute atomic E-state index is 0.0113. The maximum Gasteiger partial charge on any atom is 0.573 e. The summed E-state index contributed by atoms with van der Waals surface area (Å²) < 4.78 is 57.9. The lowest BCUT2D eigenvalue weighted by atomic mass is 9.88. The molecular weight excluding hydrogens is 542 g/mol. The van der Waals surface area contributed by atoms with Gasteiger partial charge in [-0.1, -0.05) is 36.4 Å². The maximum atomic E-state index is 16.6. The molecule has 0 amide bonds. The topological polar surface area (TPSA) is 19.0 Å². The molecule has 0 aromatic heterocycles. The van der Waals surface area contributed by atoms with Crippen LogP contribution < -0.4 is 4.74 Å². The van der Waals surface area contributed by atoms with Crippen LogP contribution in [0.4, 0.5) is 17.6 Å².